The largest absolute Gasteiger partial charge is 0.477 e. The fraction of sp³-hybridized carbons (Fsp3) is 0.926. The Kier molecular flexibility index (Phi) is 48.4. The van der Waals surface area contributed by atoms with Gasteiger partial charge in [0.2, 0.25) is 17.7 Å². The number of aliphatic hydroxyl groups excluding tert-OH is 16. The molecule has 5 aliphatic heterocycles. The maximum absolute atomic E-state index is 14.2. The van der Waals surface area contributed by atoms with Crippen LogP contribution >= 0.6 is 0 Å². The summed E-state index contributed by atoms with van der Waals surface area (Å²) in [6.07, 6.45) is -18.3. The molecule has 118 heavy (non-hydrogen) atoms. The van der Waals surface area contributed by atoms with Gasteiger partial charge in [0.1, 0.15) is 103 Å². The predicted octanol–water partition coefficient (Wildman–Crippen LogP) is 0.402. The van der Waals surface area contributed by atoms with Crippen molar-refractivity contribution in [2.45, 2.75) is 430 Å². The van der Waals surface area contributed by atoms with Crippen molar-refractivity contribution in [3.63, 3.8) is 0 Å². The number of ketones is 1. The number of hydrogen-bond acceptors (Lipinski definition) is 32. The van der Waals surface area contributed by atoms with Crippen LogP contribution in [0, 0.1) is 5.92 Å². The molecule has 0 spiro atoms. The zero-order valence-corrected chi connectivity index (χ0v) is 69.7. The van der Waals surface area contributed by atoms with Crippen molar-refractivity contribution in [1.82, 2.24) is 16.0 Å². The molecule has 0 aromatic rings. The first-order valence-electron chi connectivity index (χ1n) is 43.3. The number of carbonyl (C=O) groups is 6. The van der Waals surface area contributed by atoms with Gasteiger partial charge in [0, 0.05) is 45.4 Å². The number of nitrogens with one attached hydrogen (secondary N) is 3. The molecule has 0 aliphatic carbocycles. The highest BCUT2D eigenvalue weighted by molar-refractivity contribution is 5.78. The molecule has 21 N–H and O–H groups in total. The standard InChI is InChI=1S/C81H145N3O34/c1-6-8-10-12-14-16-18-20-21-22-23-25-27-29-31-33-35-37-60(97)84-51(52(93)36-34-32-30-28-26-24-19-17-15-13-11-9-7-2)46-109-76-68(103)67(102)70(58(44-88)111-76)113-77-69(104)74(71(59(45-89)112-77)114-75-50(38-47(3)90)63(98)65(100)56(42-86)110-75)118-81(79(107)108)40-54(95)62(83-49(5)92)73(117-81)66(101)57(43-87)115-80(78(105)106)39-53(94)61(82-48(4)91)72(116-80)64(99)55(96)41-85/h50-59,61-77,85-89,93-96,98-104H,6-46H2,1-5H3,(H,82,91)(H,83,92)(H,84,97)(H,105,106)(H,107,108)/t50-,51+,52-,53+,54+,55-,56-,57-,58-,59-,61-,62-,63-,64-,65+,66-,67-,68-,69-,70-,71+,72?,73?,74-,75+,76-,77+,80-,81+/m1/s1. The molecule has 688 valence electrons. The Morgan fingerprint density at radius 1 is 0.449 bits per heavy atom. The molecular weight excluding hydrogens is 1560 g/mol. The van der Waals surface area contributed by atoms with Crippen LogP contribution in [-0.4, -0.2) is 338 Å². The van der Waals surface area contributed by atoms with Gasteiger partial charge in [0.05, 0.1) is 82.2 Å². The molecule has 0 radical (unpaired) electrons. The Balaban J connectivity index is 1.42. The molecule has 0 aromatic heterocycles. The molecule has 5 saturated heterocycles. The molecule has 5 heterocycles. The maximum atomic E-state index is 14.2. The van der Waals surface area contributed by atoms with Gasteiger partial charge in [-0.3, -0.25) is 14.4 Å². The van der Waals surface area contributed by atoms with E-state index in [1.54, 1.807) is 0 Å². The molecule has 5 fully saturated rings. The summed E-state index contributed by atoms with van der Waals surface area (Å²) in [5, 5.41) is 211. The van der Waals surface area contributed by atoms with E-state index in [0.717, 1.165) is 85.0 Å². The molecule has 5 aliphatic rings. The van der Waals surface area contributed by atoms with Gasteiger partial charge in [-0.05, 0) is 19.8 Å². The lowest BCUT2D eigenvalue weighted by molar-refractivity contribution is -0.404. The fourth-order valence-corrected chi connectivity index (χ4v) is 16.3. The first kappa shape index (κ1) is 105. The normalized spacial score (nSPS) is 32.9. The third kappa shape index (κ3) is 32.2. The van der Waals surface area contributed by atoms with E-state index in [0.29, 0.717) is 12.8 Å². The second-order valence-corrected chi connectivity index (χ2v) is 32.8. The highest BCUT2D eigenvalue weighted by Gasteiger charge is 2.64. The number of rotatable bonds is 60. The van der Waals surface area contributed by atoms with E-state index in [-0.39, 0.29) is 18.7 Å². The maximum Gasteiger partial charge on any atom is 0.364 e. The average Bonchev–Trinajstić information content (AvgIpc) is 0.748. The second kappa shape index (κ2) is 54.7. The first-order valence-corrected chi connectivity index (χ1v) is 43.3. The summed E-state index contributed by atoms with van der Waals surface area (Å²) in [5.74, 6) is -15.8. The Bertz CT molecular complexity index is 2850. The molecule has 37 heteroatoms. The van der Waals surface area contributed by atoms with Crippen LogP contribution in [0.4, 0.5) is 0 Å². The first-order chi connectivity index (χ1) is 56.3. The van der Waals surface area contributed by atoms with Gasteiger partial charge in [-0.15, -0.1) is 0 Å². The van der Waals surface area contributed by atoms with Crippen LogP contribution in [0.2, 0.25) is 0 Å². The minimum atomic E-state index is -3.57. The highest BCUT2D eigenvalue weighted by atomic mass is 16.8. The second-order valence-electron chi connectivity index (χ2n) is 32.8. The van der Waals surface area contributed by atoms with Crippen LogP contribution < -0.4 is 16.0 Å². The average molecular weight is 1710 g/mol. The molecule has 3 amide bonds. The number of hydrogen-bond donors (Lipinski definition) is 21. The molecule has 0 saturated carbocycles. The molecule has 2 unspecified atom stereocenters. The Hall–Kier alpha value is -4.02. The number of amides is 3. The highest BCUT2D eigenvalue weighted by Crippen LogP contribution is 2.43. The summed E-state index contributed by atoms with van der Waals surface area (Å²) >= 11 is 0. The van der Waals surface area contributed by atoms with Gasteiger partial charge in [-0.25, -0.2) is 9.59 Å². The van der Waals surface area contributed by atoms with Crippen molar-refractivity contribution in [3.8, 4) is 0 Å². The van der Waals surface area contributed by atoms with Crippen molar-refractivity contribution in [2.24, 2.45) is 5.92 Å². The SMILES string of the molecule is CCCCCCCCCCCCCCCCCCCC(=O)N[C@@H](CO[C@@H]1O[C@H](CO)[C@@H](O[C@@H]2O[C@H](CO)[C@H](O[C@@H]3O[C@H](CO)[C@H](O)[C@H](O)[C@H]3CC(C)=O)[C@H](O[C@]3(C(=O)O)C[C@H](O)[C@@H](NC(C)=O)C([C@H](O)[C@@H](CO)O[C@]4(C(=O)O)C[C@H](O)[C@@H](NC(C)=O)C([C@H](O)[C@H](O)CO)O4)O3)[C@H]2O)[C@H](O)[C@H]1O)[C@H](O)CCCCCCCCCCCCCCC. The molecule has 0 aromatic carbocycles. The van der Waals surface area contributed by atoms with E-state index in [1.807, 2.05) is 0 Å². The lowest BCUT2D eigenvalue weighted by atomic mass is 9.86. The van der Waals surface area contributed by atoms with Crippen LogP contribution in [0.15, 0.2) is 0 Å². The fourth-order valence-electron chi connectivity index (χ4n) is 16.3. The lowest BCUT2D eigenvalue weighted by Gasteiger charge is -2.52. The monoisotopic (exact) mass is 1700 g/mol. The van der Waals surface area contributed by atoms with E-state index < -0.39 is 265 Å². The van der Waals surface area contributed by atoms with Gasteiger partial charge in [-0.1, -0.05) is 200 Å². The number of carboxylic acids is 2. The molecular formula is C81H145N3O34. The van der Waals surface area contributed by atoms with Gasteiger partial charge < -0.3 is 160 Å². The summed E-state index contributed by atoms with van der Waals surface area (Å²) in [6.45, 7) is 0.809. The molecule has 37 nitrogen and oxygen atoms in total. The van der Waals surface area contributed by atoms with E-state index in [4.69, 9.17) is 47.4 Å². The zero-order chi connectivity index (χ0) is 87.2. The third-order valence-corrected chi connectivity index (χ3v) is 23.1. The number of aliphatic hydroxyl groups is 16. The summed E-state index contributed by atoms with van der Waals surface area (Å²) in [7, 11) is 0. The van der Waals surface area contributed by atoms with Crippen molar-refractivity contribution in [3.05, 3.63) is 0 Å². The lowest BCUT2D eigenvalue weighted by Crippen LogP contribution is -2.72. The summed E-state index contributed by atoms with van der Waals surface area (Å²) < 4.78 is 60.2. The van der Waals surface area contributed by atoms with Crippen LogP contribution in [0.25, 0.3) is 0 Å². The van der Waals surface area contributed by atoms with Crippen molar-refractivity contribution >= 4 is 35.4 Å². The number of carbonyl (C=O) groups excluding carboxylic acids is 4. The quantitative estimate of drug-likeness (QED) is 0.0367. The van der Waals surface area contributed by atoms with E-state index in [2.05, 4.69) is 29.8 Å². The topological polar surface area (TPSA) is 595 Å². The van der Waals surface area contributed by atoms with Crippen LogP contribution in [0.1, 0.15) is 259 Å². The Morgan fingerprint density at radius 3 is 1.32 bits per heavy atom. The van der Waals surface area contributed by atoms with Gasteiger partial charge in [0.15, 0.2) is 18.9 Å². The van der Waals surface area contributed by atoms with E-state index in [1.165, 1.54) is 116 Å². The van der Waals surface area contributed by atoms with Crippen LogP contribution in [0.5, 0.6) is 0 Å². The minimum absolute atomic E-state index is 0.140. The predicted molar refractivity (Wildman–Crippen MR) is 418 cm³/mol. The minimum Gasteiger partial charge on any atom is -0.477 e. The van der Waals surface area contributed by atoms with Crippen molar-refractivity contribution < 1.29 is 168 Å². The van der Waals surface area contributed by atoms with Crippen LogP contribution in [0.3, 0.4) is 0 Å². The molecule has 0 bridgehead atoms. The van der Waals surface area contributed by atoms with Crippen molar-refractivity contribution in [1.29, 1.82) is 0 Å². The number of unbranched alkanes of at least 4 members (excludes halogenated alkanes) is 28. The van der Waals surface area contributed by atoms with Crippen molar-refractivity contribution in [2.75, 3.05) is 39.6 Å². The number of ether oxygens (including phenoxy) is 10. The van der Waals surface area contributed by atoms with E-state index >= 15 is 0 Å². The van der Waals surface area contributed by atoms with Crippen LogP contribution in [-0.2, 0) is 76.1 Å². The van der Waals surface area contributed by atoms with Gasteiger partial charge >= 0.3 is 11.9 Å². The summed E-state index contributed by atoms with van der Waals surface area (Å²) in [5.41, 5.74) is 0. The molecule has 29 atom stereocenters. The van der Waals surface area contributed by atoms with Gasteiger partial charge in [0.25, 0.3) is 11.6 Å². The summed E-state index contributed by atoms with van der Waals surface area (Å²) in [6, 6.07) is -4.87. The number of Topliss-reactive ketones (excluding diaryl/α,β-unsaturated/α-hetero) is 1. The third-order valence-electron chi connectivity index (χ3n) is 23.1. The zero-order valence-electron chi connectivity index (χ0n) is 69.7. The Labute approximate surface area is 692 Å². The number of aliphatic carboxylic acids is 2. The summed E-state index contributed by atoms with van der Waals surface area (Å²) in [4.78, 5) is 79.3. The van der Waals surface area contributed by atoms with E-state index in [9.17, 15) is 121 Å². The Morgan fingerprint density at radius 2 is 0.873 bits per heavy atom. The molecule has 5 rings (SSSR count). The van der Waals surface area contributed by atoms with Gasteiger partial charge in [-0.2, -0.15) is 0 Å². The smallest absolute Gasteiger partial charge is 0.364 e. The number of carboxylic acid groups (broad SMARTS) is 2.